The highest BCUT2D eigenvalue weighted by molar-refractivity contribution is 6.26. The van der Waals surface area contributed by atoms with E-state index in [2.05, 4.69) is 12.1 Å². The summed E-state index contributed by atoms with van der Waals surface area (Å²) < 4.78 is 2.00. The second kappa shape index (κ2) is 5.61. The molecule has 0 amide bonds. The van der Waals surface area contributed by atoms with Crippen LogP contribution in [0.5, 0.6) is 0 Å². The minimum atomic E-state index is 0. The number of allylic oxidation sites excluding steroid dienone is 2. The Morgan fingerprint density at radius 3 is 2.62 bits per heavy atom. The molecule has 1 aliphatic rings. The van der Waals surface area contributed by atoms with Crippen LogP contribution < -0.4 is 12.4 Å². The van der Waals surface area contributed by atoms with Gasteiger partial charge in [-0.15, -0.1) is 0 Å². The Kier molecular flexibility index (Phi) is 4.44. The molecule has 84 valence electrons. The van der Waals surface area contributed by atoms with Crippen LogP contribution in [0.1, 0.15) is 18.9 Å². The lowest BCUT2D eigenvalue weighted by Gasteiger charge is -2.06. The van der Waals surface area contributed by atoms with E-state index in [9.17, 15) is 4.79 Å². The van der Waals surface area contributed by atoms with Gasteiger partial charge in [-0.25, -0.2) is 0 Å². The first-order chi connectivity index (χ1) is 7.25. The third-order valence-corrected chi connectivity index (χ3v) is 2.55. The van der Waals surface area contributed by atoms with Crippen LogP contribution in [0, 0.1) is 0 Å². The van der Waals surface area contributed by atoms with Crippen molar-refractivity contribution in [3.63, 3.8) is 0 Å². The van der Waals surface area contributed by atoms with Crippen LogP contribution in [0.25, 0.3) is 0 Å². The van der Waals surface area contributed by atoms with Gasteiger partial charge < -0.3 is 12.4 Å². The number of nitrogens with zero attached hydrogens (tertiary/aromatic N) is 1. The molecule has 0 N–H and O–H groups in total. The van der Waals surface area contributed by atoms with Gasteiger partial charge in [-0.05, 0) is 6.08 Å². The van der Waals surface area contributed by atoms with Crippen molar-refractivity contribution in [2.45, 2.75) is 19.9 Å². The number of hydrogen-bond donors (Lipinski definition) is 0. The average molecular weight is 236 g/mol. The molecular formula is C13H14ClNO. The fraction of sp³-hybridized carbons (Fsp3) is 0.231. The van der Waals surface area contributed by atoms with E-state index < -0.39 is 0 Å². The molecule has 0 saturated heterocycles. The first-order valence-electron chi connectivity index (χ1n) is 5.11. The number of halogens is 1. The number of rotatable bonds is 2. The monoisotopic (exact) mass is 235 g/mol. The largest absolute Gasteiger partial charge is 1.00 e. The lowest BCUT2D eigenvalue weighted by molar-refractivity contribution is -0.489. The highest BCUT2D eigenvalue weighted by atomic mass is 35.5. The van der Waals surface area contributed by atoms with Crippen molar-refractivity contribution in [1.82, 2.24) is 0 Å². The van der Waals surface area contributed by atoms with Crippen LogP contribution in [0.15, 0.2) is 42.1 Å². The number of Topliss-reactive ketones (excluding diaryl/α,β-unsaturated/α-hetero) is 1. The van der Waals surface area contributed by atoms with E-state index >= 15 is 0 Å². The number of benzene rings is 1. The minimum Gasteiger partial charge on any atom is -1.00 e. The molecule has 0 fully saturated rings. The molecule has 0 bridgehead atoms. The van der Waals surface area contributed by atoms with Gasteiger partial charge in [-0.1, -0.05) is 30.3 Å². The summed E-state index contributed by atoms with van der Waals surface area (Å²) in [4.78, 5) is 11.3. The first-order valence-corrected chi connectivity index (χ1v) is 5.11. The maximum atomic E-state index is 11.3. The fourth-order valence-electron chi connectivity index (χ4n) is 1.64. The molecule has 1 aromatic carbocycles. The number of hydrogen-bond acceptors (Lipinski definition) is 1. The second-order valence-corrected chi connectivity index (χ2v) is 3.76. The number of carbonyl (C=O) groups is 1. The molecule has 1 heterocycles. The zero-order valence-electron chi connectivity index (χ0n) is 9.19. The Labute approximate surface area is 102 Å². The Balaban J connectivity index is 0.00000128. The maximum absolute atomic E-state index is 11.3. The molecular weight excluding hydrogens is 222 g/mol. The lowest BCUT2D eigenvalue weighted by Crippen LogP contribution is -3.00. The Bertz CT molecular complexity index is 435. The van der Waals surface area contributed by atoms with Crippen molar-refractivity contribution in [2.75, 3.05) is 0 Å². The summed E-state index contributed by atoms with van der Waals surface area (Å²) in [6, 6.07) is 10.2. The van der Waals surface area contributed by atoms with Crippen LogP contribution in [-0.4, -0.2) is 16.6 Å². The lowest BCUT2D eigenvalue weighted by atomic mass is 10.1. The van der Waals surface area contributed by atoms with Crippen molar-refractivity contribution in [3.8, 4) is 0 Å². The van der Waals surface area contributed by atoms with Gasteiger partial charge in [0.15, 0.2) is 12.2 Å². The molecule has 0 aliphatic carbocycles. The van der Waals surface area contributed by atoms with Gasteiger partial charge in [-0.2, -0.15) is 4.58 Å². The number of ketones is 1. The molecule has 0 aromatic heterocycles. The van der Waals surface area contributed by atoms with Gasteiger partial charge in [0.2, 0.25) is 12.0 Å². The van der Waals surface area contributed by atoms with Crippen LogP contribution in [0.3, 0.4) is 0 Å². The third-order valence-electron chi connectivity index (χ3n) is 2.55. The Hall–Kier alpha value is -1.41. The van der Waals surface area contributed by atoms with Crippen LogP contribution in [0.2, 0.25) is 0 Å². The quantitative estimate of drug-likeness (QED) is 0.612. The van der Waals surface area contributed by atoms with Gasteiger partial charge >= 0.3 is 0 Å². The van der Waals surface area contributed by atoms with Crippen molar-refractivity contribution in [2.24, 2.45) is 0 Å². The van der Waals surface area contributed by atoms with E-state index in [-0.39, 0.29) is 18.2 Å². The summed E-state index contributed by atoms with van der Waals surface area (Å²) in [6.07, 6.45) is 4.21. The molecule has 1 aromatic rings. The first kappa shape index (κ1) is 12.7. The van der Waals surface area contributed by atoms with Crippen molar-refractivity contribution in [1.29, 1.82) is 0 Å². The van der Waals surface area contributed by atoms with E-state index in [1.54, 1.807) is 6.21 Å². The van der Waals surface area contributed by atoms with Crippen molar-refractivity contribution >= 4 is 12.0 Å². The average Bonchev–Trinajstić information content (AvgIpc) is 2.25. The third kappa shape index (κ3) is 3.04. The zero-order chi connectivity index (χ0) is 10.7. The summed E-state index contributed by atoms with van der Waals surface area (Å²) in [5.41, 5.74) is 2.37. The second-order valence-electron chi connectivity index (χ2n) is 3.76. The molecule has 0 spiro atoms. The summed E-state index contributed by atoms with van der Waals surface area (Å²) >= 11 is 0. The van der Waals surface area contributed by atoms with E-state index in [0.29, 0.717) is 6.42 Å². The molecule has 3 heteroatoms. The molecule has 16 heavy (non-hydrogen) atoms. The van der Waals surface area contributed by atoms with Crippen molar-refractivity contribution < 1.29 is 21.8 Å². The van der Waals surface area contributed by atoms with Crippen LogP contribution >= 0.6 is 0 Å². The fourth-order valence-corrected chi connectivity index (χ4v) is 1.64. The zero-order valence-corrected chi connectivity index (χ0v) is 9.95. The summed E-state index contributed by atoms with van der Waals surface area (Å²) in [7, 11) is 0. The van der Waals surface area contributed by atoms with Gasteiger partial charge in [0.1, 0.15) is 0 Å². The molecule has 1 aliphatic heterocycles. The van der Waals surface area contributed by atoms with Gasteiger partial charge in [-0.3, -0.25) is 4.79 Å². The van der Waals surface area contributed by atoms with Crippen LogP contribution in [0.4, 0.5) is 0 Å². The van der Waals surface area contributed by atoms with E-state index in [4.69, 9.17) is 0 Å². The summed E-state index contributed by atoms with van der Waals surface area (Å²) in [5.74, 6) is 0.177. The van der Waals surface area contributed by atoms with Gasteiger partial charge in [0, 0.05) is 18.9 Å². The molecule has 2 nitrogen and oxygen atoms in total. The molecule has 2 rings (SSSR count). The standard InChI is InChI=1S/C13H14NO.ClH/c1-11-7-8-13(15)10-14(11)9-12-5-3-2-4-6-12;/h2-7,10H,8-9H2,1H3;1H/q+1;/p-1. The van der Waals surface area contributed by atoms with E-state index in [1.165, 1.54) is 5.56 Å². The SMILES string of the molecule is CC1=CCC(=O)C=[N+]1Cc1ccccc1.[Cl-]. The normalized spacial score (nSPS) is 14.9. The maximum Gasteiger partial charge on any atom is 0.222 e. The van der Waals surface area contributed by atoms with Gasteiger partial charge in [0.05, 0.1) is 0 Å². The molecule has 0 saturated carbocycles. The predicted molar refractivity (Wildman–Crippen MR) is 59.9 cm³/mol. The van der Waals surface area contributed by atoms with E-state index in [0.717, 1.165) is 12.2 Å². The molecule has 0 atom stereocenters. The summed E-state index contributed by atoms with van der Waals surface area (Å²) in [6.45, 7) is 2.81. The predicted octanol–water partition coefficient (Wildman–Crippen LogP) is -0.849. The Morgan fingerprint density at radius 2 is 1.94 bits per heavy atom. The van der Waals surface area contributed by atoms with E-state index in [1.807, 2.05) is 35.8 Å². The number of carbonyl (C=O) groups excluding carboxylic acids is 1. The van der Waals surface area contributed by atoms with Crippen molar-refractivity contribution in [3.05, 3.63) is 47.7 Å². The Morgan fingerprint density at radius 1 is 1.25 bits per heavy atom. The smallest absolute Gasteiger partial charge is 0.222 e. The van der Waals surface area contributed by atoms with Crippen LogP contribution in [-0.2, 0) is 11.3 Å². The highest BCUT2D eigenvalue weighted by Gasteiger charge is 2.16. The minimum absolute atomic E-state index is 0. The van der Waals surface area contributed by atoms with Gasteiger partial charge in [0.25, 0.3) is 0 Å². The topological polar surface area (TPSA) is 20.1 Å². The highest BCUT2D eigenvalue weighted by Crippen LogP contribution is 2.08. The summed E-state index contributed by atoms with van der Waals surface area (Å²) in [5, 5.41) is 0. The molecule has 0 radical (unpaired) electrons. The molecule has 0 unspecified atom stereocenters.